The largest absolute Gasteiger partial charge is 0.396 e. The molecule has 0 saturated heterocycles. The first-order valence-electron chi connectivity index (χ1n) is 3.38. The number of rotatable bonds is 3. The van der Waals surface area contributed by atoms with Crippen molar-refractivity contribution in [2.75, 3.05) is 6.61 Å². The predicted molar refractivity (Wildman–Crippen MR) is 33.7 cm³/mol. The van der Waals surface area contributed by atoms with Crippen LogP contribution in [0.2, 0.25) is 0 Å². The van der Waals surface area contributed by atoms with Crippen molar-refractivity contribution in [1.29, 1.82) is 0 Å². The van der Waals surface area contributed by atoms with Gasteiger partial charge in [0.25, 0.3) is 0 Å². The van der Waals surface area contributed by atoms with Gasteiger partial charge >= 0.3 is 0 Å². The highest BCUT2D eigenvalue weighted by Gasteiger charge is 2.35. The Morgan fingerprint density at radius 3 is 2.50 bits per heavy atom. The maximum absolute atomic E-state index is 8.46. The van der Waals surface area contributed by atoms with E-state index < -0.39 is 0 Å². The number of aliphatic hydroxyl groups is 1. The third-order valence-electron chi connectivity index (χ3n) is 2.04. The molecule has 0 aliphatic heterocycles. The Bertz CT molecular complexity index is 74.5. The molecule has 1 rings (SSSR count). The molecule has 1 aliphatic rings. The highest BCUT2D eigenvalue weighted by atomic mass is 16.2. The van der Waals surface area contributed by atoms with Gasteiger partial charge in [-0.05, 0) is 31.1 Å². The monoisotopic (exact) mass is 114 g/mol. The van der Waals surface area contributed by atoms with Gasteiger partial charge in [0.05, 0.1) is 0 Å². The molecular weight excluding hydrogens is 100 g/mol. The summed E-state index contributed by atoms with van der Waals surface area (Å²) < 4.78 is 0. The van der Waals surface area contributed by atoms with Crippen LogP contribution in [-0.4, -0.2) is 11.7 Å². The first-order valence-corrected chi connectivity index (χ1v) is 3.38. The summed E-state index contributed by atoms with van der Waals surface area (Å²) in [4.78, 5) is 0. The molecule has 1 heteroatoms. The zero-order valence-electron chi connectivity index (χ0n) is 5.48. The Hall–Kier alpha value is -0.0400. The fourth-order valence-corrected chi connectivity index (χ4v) is 0.969. The molecule has 1 nitrogen and oxygen atoms in total. The van der Waals surface area contributed by atoms with Crippen molar-refractivity contribution in [1.82, 2.24) is 0 Å². The molecule has 0 amide bonds. The molecule has 8 heavy (non-hydrogen) atoms. The van der Waals surface area contributed by atoms with Crippen molar-refractivity contribution in [2.24, 2.45) is 5.41 Å². The van der Waals surface area contributed by atoms with Crippen LogP contribution in [0.5, 0.6) is 0 Å². The van der Waals surface area contributed by atoms with E-state index in [1.165, 1.54) is 19.3 Å². The lowest BCUT2D eigenvalue weighted by atomic mass is 10.0. The summed E-state index contributed by atoms with van der Waals surface area (Å²) in [5.41, 5.74) is 0.642. The van der Waals surface area contributed by atoms with E-state index in [2.05, 4.69) is 6.92 Å². The molecule has 0 bridgehead atoms. The fraction of sp³-hybridized carbons (Fsp3) is 1.00. The summed E-state index contributed by atoms with van der Waals surface area (Å²) in [6.45, 7) is 2.66. The molecule has 1 N–H and O–H groups in total. The van der Waals surface area contributed by atoms with Crippen LogP contribution in [-0.2, 0) is 0 Å². The van der Waals surface area contributed by atoms with Crippen molar-refractivity contribution in [2.45, 2.75) is 32.6 Å². The normalized spacial score (nSPS) is 23.2. The molecule has 0 unspecified atom stereocenters. The summed E-state index contributed by atoms with van der Waals surface area (Å²) in [7, 11) is 0. The lowest BCUT2D eigenvalue weighted by Gasteiger charge is -2.03. The Balaban J connectivity index is 2.01. The third kappa shape index (κ3) is 1.48. The lowest BCUT2D eigenvalue weighted by Crippen LogP contribution is -1.93. The zero-order valence-corrected chi connectivity index (χ0v) is 5.48. The van der Waals surface area contributed by atoms with Crippen LogP contribution in [0.4, 0.5) is 0 Å². The smallest absolute Gasteiger partial charge is 0.0431 e. The average Bonchev–Trinajstić information content (AvgIpc) is 2.45. The van der Waals surface area contributed by atoms with Crippen LogP contribution in [0.3, 0.4) is 0 Å². The molecule has 0 atom stereocenters. The highest BCUT2D eigenvalue weighted by Crippen LogP contribution is 2.48. The first kappa shape index (κ1) is 6.09. The molecule has 1 saturated carbocycles. The molecule has 0 aromatic heterocycles. The van der Waals surface area contributed by atoms with E-state index in [1.54, 1.807) is 0 Å². The standard InChI is InChI=1S/C7H14O/c1-7(4-5-7)3-2-6-8/h8H,2-6H2,1H3. The lowest BCUT2D eigenvalue weighted by molar-refractivity contribution is 0.270. The second kappa shape index (κ2) is 2.06. The van der Waals surface area contributed by atoms with Gasteiger partial charge in [0.2, 0.25) is 0 Å². The van der Waals surface area contributed by atoms with Gasteiger partial charge in [-0.3, -0.25) is 0 Å². The van der Waals surface area contributed by atoms with Gasteiger partial charge in [0, 0.05) is 6.61 Å². The third-order valence-corrected chi connectivity index (χ3v) is 2.04. The molecule has 48 valence electrons. The van der Waals surface area contributed by atoms with Crippen LogP contribution in [0.1, 0.15) is 32.6 Å². The van der Waals surface area contributed by atoms with Gasteiger partial charge in [0.15, 0.2) is 0 Å². The summed E-state index contributed by atoms with van der Waals surface area (Å²) in [6, 6.07) is 0. The summed E-state index contributed by atoms with van der Waals surface area (Å²) >= 11 is 0. The van der Waals surface area contributed by atoms with E-state index in [0.717, 1.165) is 6.42 Å². The van der Waals surface area contributed by atoms with E-state index in [4.69, 9.17) is 5.11 Å². The van der Waals surface area contributed by atoms with Crippen molar-refractivity contribution in [3.05, 3.63) is 0 Å². The van der Waals surface area contributed by atoms with E-state index in [9.17, 15) is 0 Å². The SMILES string of the molecule is CC1(CCCO)CC1. The van der Waals surface area contributed by atoms with E-state index in [1.807, 2.05) is 0 Å². The summed E-state index contributed by atoms with van der Waals surface area (Å²) in [6.07, 6.45) is 4.99. The van der Waals surface area contributed by atoms with E-state index in [0.29, 0.717) is 12.0 Å². The van der Waals surface area contributed by atoms with Crippen molar-refractivity contribution in [3.63, 3.8) is 0 Å². The quantitative estimate of drug-likeness (QED) is 0.590. The van der Waals surface area contributed by atoms with Crippen LogP contribution in [0.15, 0.2) is 0 Å². The maximum atomic E-state index is 8.46. The van der Waals surface area contributed by atoms with Gasteiger partial charge in [-0.15, -0.1) is 0 Å². The first-order chi connectivity index (χ1) is 3.77. The van der Waals surface area contributed by atoms with E-state index in [-0.39, 0.29) is 0 Å². The number of hydrogen-bond acceptors (Lipinski definition) is 1. The second-order valence-corrected chi connectivity index (χ2v) is 3.14. The van der Waals surface area contributed by atoms with Gasteiger partial charge in [0.1, 0.15) is 0 Å². The second-order valence-electron chi connectivity index (χ2n) is 3.14. The zero-order chi connectivity index (χ0) is 6.04. The van der Waals surface area contributed by atoms with Gasteiger partial charge in [-0.2, -0.15) is 0 Å². The minimum Gasteiger partial charge on any atom is -0.396 e. The van der Waals surface area contributed by atoms with Crippen molar-refractivity contribution < 1.29 is 5.11 Å². The molecule has 0 radical (unpaired) electrons. The van der Waals surface area contributed by atoms with Gasteiger partial charge in [-0.25, -0.2) is 0 Å². The number of hydrogen-bond donors (Lipinski definition) is 1. The number of aliphatic hydroxyl groups excluding tert-OH is 1. The average molecular weight is 114 g/mol. The molecule has 0 heterocycles. The molecule has 0 spiro atoms. The van der Waals surface area contributed by atoms with Crippen molar-refractivity contribution >= 4 is 0 Å². The van der Waals surface area contributed by atoms with Gasteiger partial charge < -0.3 is 5.11 Å². The van der Waals surface area contributed by atoms with Crippen LogP contribution in [0, 0.1) is 5.41 Å². The molecule has 0 aromatic carbocycles. The minimum atomic E-state index is 0.371. The Morgan fingerprint density at radius 1 is 1.50 bits per heavy atom. The van der Waals surface area contributed by atoms with Crippen molar-refractivity contribution in [3.8, 4) is 0 Å². The Kier molecular flexibility index (Phi) is 1.57. The predicted octanol–water partition coefficient (Wildman–Crippen LogP) is 1.56. The van der Waals surface area contributed by atoms with Crippen LogP contribution >= 0.6 is 0 Å². The summed E-state index contributed by atoms with van der Waals surface area (Å²) in [5.74, 6) is 0. The van der Waals surface area contributed by atoms with Crippen LogP contribution < -0.4 is 0 Å². The van der Waals surface area contributed by atoms with E-state index >= 15 is 0 Å². The Morgan fingerprint density at radius 2 is 2.12 bits per heavy atom. The topological polar surface area (TPSA) is 20.2 Å². The van der Waals surface area contributed by atoms with Gasteiger partial charge in [-0.1, -0.05) is 6.92 Å². The maximum Gasteiger partial charge on any atom is 0.0431 e. The molecule has 1 fully saturated rings. The molecule has 1 aliphatic carbocycles. The highest BCUT2D eigenvalue weighted by molar-refractivity contribution is 4.87. The van der Waals surface area contributed by atoms with Crippen LogP contribution in [0.25, 0.3) is 0 Å². The molecular formula is C7H14O. The fourth-order valence-electron chi connectivity index (χ4n) is 0.969. The minimum absolute atomic E-state index is 0.371. The Labute approximate surface area is 50.7 Å². The molecule has 0 aromatic rings. The summed E-state index contributed by atoms with van der Waals surface area (Å²) in [5, 5.41) is 8.46.